The number of hydrogen-bond acceptors (Lipinski definition) is 6. The number of carbonyl (C=O) groups is 1. The average molecular weight is 407 g/mol. The van der Waals surface area contributed by atoms with Crippen LogP contribution in [0, 0.1) is 13.8 Å². The molecule has 2 aromatic heterocycles. The lowest BCUT2D eigenvalue weighted by atomic mass is 10.1. The van der Waals surface area contributed by atoms with Gasteiger partial charge >= 0.3 is 0 Å². The van der Waals surface area contributed by atoms with E-state index < -0.39 is 0 Å². The zero-order valence-electron chi connectivity index (χ0n) is 15.7. The van der Waals surface area contributed by atoms with Gasteiger partial charge in [-0.15, -0.1) is 0 Å². The molecule has 1 N–H and O–H groups in total. The Labute approximate surface area is 171 Å². The highest BCUT2D eigenvalue weighted by Gasteiger charge is 2.09. The lowest BCUT2D eigenvalue weighted by molar-refractivity contribution is -0.114. The van der Waals surface area contributed by atoms with Crippen LogP contribution in [0.4, 0.5) is 5.13 Å². The van der Waals surface area contributed by atoms with Gasteiger partial charge in [0.05, 0.1) is 15.9 Å². The monoisotopic (exact) mass is 406 g/mol. The van der Waals surface area contributed by atoms with Gasteiger partial charge < -0.3 is 5.32 Å². The van der Waals surface area contributed by atoms with Gasteiger partial charge in [-0.05, 0) is 67.1 Å². The second kappa shape index (κ2) is 7.69. The van der Waals surface area contributed by atoms with Crippen LogP contribution in [0.25, 0.3) is 21.5 Å². The number of hydrogen-bond donors (Lipinski definition) is 1. The number of rotatable bonds is 4. The van der Waals surface area contributed by atoms with Gasteiger partial charge in [0.2, 0.25) is 5.91 Å². The van der Waals surface area contributed by atoms with E-state index in [9.17, 15) is 4.79 Å². The highest BCUT2D eigenvalue weighted by atomic mass is 32.2. The van der Waals surface area contributed by atoms with Crippen LogP contribution in [0.3, 0.4) is 0 Å². The first-order chi connectivity index (χ1) is 13.5. The summed E-state index contributed by atoms with van der Waals surface area (Å²) in [5, 5.41) is 4.05. The Morgan fingerprint density at radius 3 is 2.68 bits per heavy atom. The highest BCUT2D eigenvalue weighted by molar-refractivity contribution is 7.99. The molecule has 5 nitrogen and oxygen atoms in total. The van der Waals surface area contributed by atoms with Crippen LogP contribution in [0.15, 0.2) is 58.7 Å². The third-order valence-corrected chi connectivity index (χ3v) is 6.09. The second-order valence-electron chi connectivity index (χ2n) is 6.46. The van der Waals surface area contributed by atoms with Crippen molar-refractivity contribution in [3.05, 3.63) is 59.8 Å². The summed E-state index contributed by atoms with van der Waals surface area (Å²) in [6, 6.07) is 14.3. The molecular formula is C21H18N4OS2. The molecule has 140 valence electrons. The molecule has 0 bridgehead atoms. The molecule has 0 aliphatic rings. The first kappa shape index (κ1) is 18.6. The van der Waals surface area contributed by atoms with Gasteiger partial charge in [0.1, 0.15) is 0 Å². The van der Waals surface area contributed by atoms with Crippen molar-refractivity contribution < 1.29 is 4.79 Å². The minimum atomic E-state index is -0.122. The van der Waals surface area contributed by atoms with Crippen molar-refractivity contribution >= 4 is 44.4 Å². The minimum Gasteiger partial charge on any atom is -0.302 e. The lowest BCUT2D eigenvalue weighted by Crippen LogP contribution is -2.04. The number of fused-ring (bicyclic) bond motifs is 1. The Kier molecular flexibility index (Phi) is 5.11. The average Bonchev–Trinajstić information content (AvgIpc) is 3.05. The predicted octanol–water partition coefficient (Wildman–Crippen LogP) is 5.48. The summed E-state index contributed by atoms with van der Waals surface area (Å²) in [5.74, 6) is -0.122. The fourth-order valence-electron chi connectivity index (χ4n) is 2.72. The molecule has 4 rings (SSSR count). The first-order valence-corrected chi connectivity index (χ1v) is 10.4. The molecule has 0 fully saturated rings. The van der Waals surface area contributed by atoms with Gasteiger partial charge in [0.15, 0.2) is 10.3 Å². The number of anilines is 1. The molecule has 28 heavy (non-hydrogen) atoms. The SMILES string of the molecule is CC(=O)Nc1nc2ccc(-c3ccnc(Sc4ccc(C)c(C)c4)n3)cc2s1. The molecular weight excluding hydrogens is 388 g/mol. The number of benzene rings is 2. The fraction of sp³-hybridized carbons (Fsp3) is 0.143. The highest BCUT2D eigenvalue weighted by Crippen LogP contribution is 2.31. The van der Waals surface area contributed by atoms with E-state index in [0.717, 1.165) is 26.4 Å². The molecule has 0 atom stereocenters. The maximum Gasteiger partial charge on any atom is 0.223 e. The van der Waals surface area contributed by atoms with Crippen molar-refractivity contribution in [1.29, 1.82) is 0 Å². The summed E-state index contributed by atoms with van der Waals surface area (Å²) < 4.78 is 1.00. The Hall–Kier alpha value is -2.77. The van der Waals surface area contributed by atoms with Crippen molar-refractivity contribution in [2.75, 3.05) is 5.32 Å². The number of nitrogens with one attached hydrogen (secondary N) is 1. The Morgan fingerprint density at radius 1 is 1.04 bits per heavy atom. The lowest BCUT2D eigenvalue weighted by Gasteiger charge is -2.06. The summed E-state index contributed by atoms with van der Waals surface area (Å²) in [4.78, 5) is 25.9. The zero-order chi connectivity index (χ0) is 19.7. The van der Waals surface area contributed by atoms with Crippen LogP contribution >= 0.6 is 23.1 Å². The number of amides is 1. The fourth-order valence-corrected chi connectivity index (χ4v) is 4.51. The van der Waals surface area contributed by atoms with Crippen LogP contribution in [0.1, 0.15) is 18.1 Å². The number of carbonyl (C=O) groups excluding carboxylic acids is 1. The van der Waals surface area contributed by atoms with Gasteiger partial charge in [-0.2, -0.15) is 0 Å². The zero-order valence-corrected chi connectivity index (χ0v) is 17.3. The van der Waals surface area contributed by atoms with E-state index in [-0.39, 0.29) is 5.91 Å². The van der Waals surface area contributed by atoms with Gasteiger partial charge in [-0.25, -0.2) is 15.0 Å². The molecule has 4 aromatic rings. The molecule has 7 heteroatoms. The maximum absolute atomic E-state index is 11.2. The van der Waals surface area contributed by atoms with Crippen LogP contribution < -0.4 is 5.32 Å². The van der Waals surface area contributed by atoms with E-state index in [1.54, 1.807) is 18.0 Å². The molecule has 0 aliphatic carbocycles. The summed E-state index contributed by atoms with van der Waals surface area (Å²) >= 11 is 3.01. The summed E-state index contributed by atoms with van der Waals surface area (Å²) in [7, 11) is 0. The number of thiazole rings is 1. The smallest absolute Gasteiger partial charge is 0.223 e. The third kappa shape index (κ3) is 4.05. The Morgan fingerprint density at radius 2 is 1.89 bits per heavy atom. The summed E-state index contributed by atoms with van der Waals surface area (Å²) in [6.45, 7) is 5.69. The van der Waals surface area contributed by atoms with Gasteiger partial charge in [-0.3, -0.25) is 4.79 Å². The predicted molar refractivity (Wildman–Crippen MR) is 115 cm³/mol. The minimum absolute atomic E-state index is 0.122. The van der Waals surface area contributed by atoms with Crippen molar-refractivity contribution in [2.45, 2.75) is 30.8 Å². The van der Waals surface area contributed by atoms with Crippen LogP contribution in [-0.4, -0.2) is 20.9 Å². The molecule has 2 aromatic carbocycles. The molecule has 0 radical (unpaired) electrons. The van der Waals surface area contributed by atoms with E-state index in [4.69, 9.17) is 4.98 Å². The van der Waals surface area contributed by atoms with Crippen molar-refractivity contribution in [1.82, 2.24) is 15.0 Å². The molecule has 0 saturated heterocycles. The Balaban J connectivity index is 1.62. The Bertz CT molecular complexity index is 1190. The first-order valence-electron chi connectivity index (χ1n) is 8.74. The number of nitrogens with zero attached hydrogens (tertiary/aromatic N) is 3. The molecule has 0 aliphatic heterocycles. The van der Waals surface area contributed by atoms with E-state index >= 15 is 0 Å². The molecule has 1 amide bonds. The van der Waals surface area contributed by atoms with Crippen LogP contribution in [0.2, 0.25) is 0 Å². The molecule has 0 spiro atoms. The van der Waals surface area contributed by atoms with Crippen molar-refractivity contribution in [2.24, 2.45) is 0 Å². The van der Waals surface area contributed by atoms with Crippen molar-refractivity contribution in [3.63, 3.8) is 0 Å². The van der Waals surface area contributed by atoms with Gasteiger partial charge in [0, 0.05) is 23.6 Å². The summed E-state index contributed by atoms with van der Waals surface area (Å²) in [6.07, 6.45) is 1.78. The van der Waals surface area contributed by atoms with Gasteiger partial charge in [-0.1, -0.05) is 23.5 Å². The van der Waals surface area contributed by atoms with E-state index in [1.165, 1.54) is 29.4 Å². The van der Waals surface area contributed by atoms with E-state index in [2.05, 4.69) is 47.3 Å². The maximum atomic E-state index is 11.2. The van der Waals surface area contributed by atoms with Gasteiger partial charge in [0.25, 0.3) is 0 Å². The van der Waals surface area contributed by atoms with E-state index in [1.807, 2.05) is 24.3 Å². The van der Waals surface area contributed by atoms with Crippen LogP contribution in [-0.2, 0) is 4.79 Å². The molecule has 0 unspecified atom stereocenters. The molecule has 2 heterocycles. The second-order valence-corrected chi connectivity index (χ2v) is 8.53. The van der Waals surface area contributed by atoms with Crippen LogP contribution in [0.5, 0.6) is 0 Å². The topological polar surface area (TPSA) is 67.8 Å². The third-order valence-electron chi connectivity index (χ3n) is 4.29. The standard InChI is InChI=1S/C21H18N4OS2/c1-12-4-6-16(10-13(12)2)27-20-22-9-8-17(24-20)15-5-7-18-19(11-15)28-21(25-18)23-14(3)26/h4-11H,1-3H3,(H,23,25,26). The van der Waals surface area contributed by atoms with Crippen molar-refractivity contribution in [3.8, 4) is 11.3 Å². The number of aromatic nitrogens is 3. The number of aryl methyl sites for hydroxylation is 2. The van der Waals surface area contributed by atoms with E-state index in [0.29, 0.717) is 10.3 Å². The quantitative estimate of drug-likeness (QED) is 0.455. The molecule has 0 saturated carbocycles. The largest absolute Gasteiger partial charge is 0.302 e. The summed E-state index contributed by atoms with van der Waals surface area (Å²) in [5.41, 5.74) is 5.24. The normalized spacial score (nSPS) is 11.0.